The Morgan fingerprint density at radius 1 is 1.22 bits per heavy atom. The molecule has 1 aromatic heterocycles. The minimum atomic E-state index is -5.33. The molecule has 0 spiro atoms. The lowest BCUT2D eigenvalue weighted by molar-refractivity contribution is -0.276. The number of halogens is 7. The third-order valence-electron chi connectivity index (χ3n) is 1.73. The average molecular weight is 340 g/mol. The molecule has 0 aliphatic rings. The highest BCUT2D eigenvalue weighted by Crippen LogP contribution is 2.42. The van der Waals surface area contributed by atoms with Crippen molar-refractivity contribution in [3.8, 4) is 11.5 Å². The summed E-state index contributed by atoms with van der Waals surface area (Å²) < 4.78 is 76.8. The van der Waals surface area contributed by atoms with Crippen molar-refractivity contribution in [2.45, 2.75) is 17.9 Å². The maximum Gasteiger partial charge on any atom is 0.573 e. The number of nitrogens with zero attached hydrogens (tertiary/aromatic N) is 1. The van der Waals surface area contributed by atoms with Crippen molar-refractivity contribution in [3.63, 3.8) is 0 Å². The fourth-order valence-corrected chi connectivity index (χ4v) is 1.62. The van der Waals surface area contributed by atoms with Gasteiger partial charge in [0.25, 0.3) is 0 Å². The molecule has 1 heterocycles. The van der Waals surface area contributed by atoms with Gasteiger partial charge in [-0.15, -0.1) is 13.2 Å². The second kappa shape index (κ2) is 4.82. The van der Waals surface area contributed by atoms with Crippen molar-refractivity contribution in [2.24, 2.45) is 0 Å². The van der Waals surface area contributed by atoms with Crippen molar-refractivity contribution in [3.05, 3.63) is 17.5 Å². The summed E-state index contributed by atoms with van der Waals surface area (Å²) in [7, 11) is 0. The summed E-state index contributed by atoms with van der Waals surface area (Å²) in [6.07, 6.45) is -10.1. The van der Waals surface area contributed by atoms with E-state index in [1.807, 2.05) is 0 Å². The van der Waals surface area contributed by atoms with Crippen LogP contribution >= 0.6 is 15.9 Å². The molecule has 0 atom stereocenters. The summed E-state index contributed by atoms with van der Waals surface area (Å²) in [5, 5.41) is 8.71. The minimum Gasteiger partial charge on any atom is -0.506 e. The zero-order chi connectivity index (χ0) is 14.1. The Morgan fingerprint density at radius 2 is 1.78 bits per heavy atom. The Bertz CT molecular complexity index is 444. The number of alkyl halides is 7. The van der Waals surface area contributed by atoms with Crippen molar-refractivity contribution in [1.82, 2.24) is 4.98 Å². The maximum absolute atomic E-state index is 12.5. The molecule has 0 aromatic carbocycles. The largest absolute Gasteiger partial charge is 0.573 e. The van der Waals surface area contributed by atoms with Gasteiger partial charge in [-0.3, -0.25) is 0 Å². The maximum atomic E-state index is 12.5. The quantitative estimate of drug-likeness (QED) is 0.661. The van der Waals surface area contributed by atoms with Crippen LogP contribution in [0.2, 0.25) is 0 Å². The molecule has 0 bridgehead atoms. The molecule has 0 fully saturated rings. The lowest BCUT2D eigenvalue weighted by atomic mass is 10.2. The molecule has 0 saturated heterocycles. The molecule has 10 heteroatoms. The van der Waals surface area contributed by atoms with E-state index in [0.29, 0.717) is 6.20 Å². The molecular weight excluding hydrogens is 336 g/mol. The monoisotopic (exact) mass is 339 g/mol. The first-order valence-corrected chi connectivity index (χ1v) is 5.28. The molecule has 1 N–H and O–H groups in total. The number of ether oxygens (including phenoxy) is 1. The third kappa shape index (κ3) is 3.40. The van der Waals surface area contributed by atoms with E-state index in [0.717, 1.165) is 0 Å². The van der Waals surface area contributed by atoms with Crippen LogP contribution in [0.5, 0.6) is 11.5 Å². The second-order valence-electron chi connectivity index (χ2n) is 2.98. The zero-order valence-corrected chi connectivity index (χ0v) is 9.82. The fourth-order valence-electron chi connectivity index (χ4n) is 1.08. The van der Waals surface area contributed by atoms with E-state index < -0.39 is 40.6 Å². The smallest absolute Gasteiger partial charge is 0.506 e. The second-order valence-corrected chi connectivity index (χ2v) is 3.54. The van der Waals surface area contributed by atoms with E-state index in [9.17, 15) is 31.4 Å². The first kappa shape index (κ1) is 14.9. The van der Waals surface area contributed by atoms with Crippen LogP contribution in [-0.4, -0.2) is 16.5 Å². The molecule has 0 unspecified atom stereocenters. The van der Waals surface area contributed by atoms with Crippen LogP contribution in [0.3, 0.4) is 0 Å². The molecule has 0 radical (unpaired) electrons. The van der Waals surface area contributed by atoms with Gasteiger partial charge in [-0.25, -0.2) is 4.98 Å². The van der Waals surface area contributed by atoms with Gasteiger partial charge in [-0.1, -0.05) is 15.9 Å². The molecule has 102 valence electrons. The highest BCUT2D eigenvalue weighted by Gasteiger charge is 2.42. The zero-order valence-electron chi connectivity index (χ0n) is 8.23. The van der Waals surface area contributed by atoms with E-state index in [-0.39, 0.29) is 0 Å². The predicted octanol–water partition coefficient (Wildman–Crippen LogP) is 3.60. The Kier molecular flexibility index (Phi) is 3.99. The number of hydrogen-bond donors (Lipinski definition) is 1. The molecule has 0 saturated carbocycles. The van der Waals surface area contributed by atoms with Gasteiger partial charge in [0.2, 0.25) is 0 Å². The SMILES string of the molecule is Oc1cnc(C(F)(F)F)c(OC(F)(F)F)c1CBr. The number of rotatable bonds is 2. The molecule has 0 aliphatic heterocycles. The van der Waals surface area contributed by atoms with Gasteiger partial charge in [-0.2, -0.15) is 13.2 Å². The molecule has 3 nitrogen and oxygen atoms in total. The van der Waals surface area contributed by atoms with Gasteiger partial charge < -0.3 is 9.84 Å². The molecule has 18 heavy (non-hydrogen) atoms. The summed E-state index contributed by atoms with van der Waals surface area (Å²) in [6, 6.07) is 0. The standard InChI is InChI=1S/C8H4BrF6NO2/c9-1-3-4(17)2-16-6(7(10,11)12)5(3)18-8(13,14)15/h2,17H,1H2. The number of aromatic nitrogens is 1. The average Bonchev–Trinajstić information content (AvgIpc) is 2.13. The molecule has 0 aliphatic carbocycles. The van der Waals surface area contributed by atoms with Gasteiger partial charge in [0.15, 0.2) is 11.4 Å². The van der Waals surface area contributed by atoms with E-state index >= 15 is 0 Å². The molecule has 1 rings (SSSR count). The summed E-state index contributed by atoms with van der Waals surface area (Å²) >= 11 is 2.67. The normalized spacial score (nSPS) is 12.6. The fraction of sp³-hybridized carbons (Fsp3) is 0.375. The summed E-state index contributed by atoms with van der Waals surface area (Å²) in [5.74, 6) is -2.40. The molecular formula is C8H4BrF6NO2. The van der Waals surface area contributed by atoms with Crippen molar-refractivity contribution < 1.29 is 36.2 Å². The van der Waals surface area contributed by atoms with Crippen LogP contribution in [0.1, 0.15) is 11.3 Å². The Balaban J connectivity index is 3.45. The van der Waals surface area contributed by atoms with E-state index in [1.54, 1.807) is 0 Å². The first-order chi connectivity index (χ1) is 8.06. The van der Waals surface area contributed by atoms with E-state index in [2.05, 4.69) is 25.7 Å². The summed E-state index contributed by atoms with van der Waals surface area (Å²) in [4.78, 5) is 2.72. The van der Waals surface area contributed by atoms with Crippen LogP contribution in [0, 0.1) is 0 Å². The first-order valence-electron chi connectivity index (χ1n) is 4.16. The van der Waals surface area contributed by atoms with Gasteiger partial charge in [0.1, 0.15) is 5.75 Å². The van der Waals surface area contributed by atoms with Crippen molar-refractivity contribution in [1.29, 1.82) is 0 Å². The minimum absolute atomic E-state index is 0.405. The lowest BCUT2D eigenvalue weighted by Gasteiger charge is -2.17. The van der Waals surface area contributed by atoms with Crippen LogP contribution in [-0.2, 0) is 11.5 Å². The Labute approximate surface area is 105 Å². The van der Waals surface area contributed by atoms with Gasteiger partial charge in [-0.05, 0) is 0 Å². The topological polar surface area (TPSA) is 42.4 Å². The number of pyridine rings is 1. The number of aromatic hydroxyl groups is 1. The Morgan fingerprint density at radius 3 is 2.17 bits per heavy atom. The van der Waals surface area contributed by atoms with Gasteiger partial charge >= 0.3 is 12.5 Å². The predicted molar refractivity (Wildman–Crippen MR) is 50.2 cm³/mol. The van der Waals surface area contributed by atoms with Crippen molar-refractivity contribution >= 4 is 15.9 Å². The van der Waals surface area contributed by atoms with E-state index in [1.165, 1.54) is 0 Å². The summed E-state index contributed by atoms with van der Waals surface area (Å²) in [5.41, 5.74) is -2.54. The highest BCUT2D eigenvalue weighted by atomic mass is 79.9. The molecule has 0 amide bonds. The lowest BCUT2D eigenvalue weighted by Crippen LogP contribution is -2.22. The highest BCUT2D eigenvalue weighted by molar-refractivity contribution is 9.08. The molecule has 1 aromatic rings. The Hall–Kier alpha value is -1.19. The third-order valence-corrected chi connectivity index (χ3v) is 2.29. The van der Waals surface area contributed by atoms with E-state index in [4.69, 9.17) is 0 Å². The van der Waals surface area contributed by atoms with Crippen LogP contribution in [0.25, 0.3) is 0 Å². The van der Waals surface area contributed by atoms with Gasteiger partial charge in [0, 0.05) is 5.33 Å². The van der Waals surface area contributed by atoms with Crippen LogP contribution < -0.4 is 4.74 Å². The summed E-state index contributed by atoms with van der Waals surface area (Å²) in [6.45, 7) is 0. The van der Waals surface area contributed by atoms with Crippen LogP contribution in [0.15, 0.2) is 6.20 Å². The van der Waals surface area contributed by atoms with Crippen LogP contribution in [0.4, 0.5) is 26.3 Å². The van der Waals surface area contributed by atoms with Crippen molar-refractivity contribution in [2.75, 3.05) is 0 Å². The number of hydrogen-bond acceptors (Lipinski definition) is 3. The van der Waals surface area contributed by atoms with Gasteiger partial charge in [0.05, 0.1) is 11.8 Å².